The predicted octanol–water partition coefficient (Wildman–Crippen LogP) is 3.76. The molecule has 2 heterocycles. The lowest BCUT2D eigenvalue weighted by molar-refractivity contribution is 0.101. The second kappa shape index (κ2) is 8.45. The second-order valence-electron chi connectivity index (χ2n) is 7.35. The number of nitrogens with zero attached hydrogens (tertiary/aromatic N) is 3. The van der Waals surface area contributed by atoms with Gasteiger partial charge in [0.15, 0.2) is 0 Å². The lowest BCUT2D eigenvalue weighted by Gasteiger charge is -2.26. The lowest BCUT2D eigenvalue weighted by Crippen LogP contribution is -2.39. The molecule has 1 fully saturated rings. The Morgan fingerprint density at radius 2 is 1.81 bits per heavy atom. The van der Waals surface area contributed by atoms with E-state index in [1.807, 2.05) is 0 Å². The second-order valence-corrected chi connectivity index (χ2v) is 9.43. The summed E-state index contributed by atoms with van der Waals surface area (Å²) in [7, 11) is -2.03. The van der Waals surface area contributed by atoms with Crippen LogP contribution in [0.25, 0.3) is 10.9 Å². The maximum absolute atomic E-state index is 13.3. The topological polar surface area (TPSA) is 96.3 Å². The van der Waals surface area contributed by atoms with E-state index in [2.05, 4.69) is 15.1 Å². The number of hydrogen-bond donors (Lipinski definition) is 2. The number of piperidine rings is 1. The highest BCUT2D eigenvalue weighted by Gasteiger charge is 2.24. The van der Waals surface area contributed by atoms with Crippen molar-refractivity contribution in [2.24, 2.45) is 7.05 Å². The first-order valence-electron chi connectivity index (χ1n) is 9.76. The maximum atomic E-state index is 13.3. The lowest BCUT2D eigenvalue weighted by atomic mass is 10.2. The van der Waals surface area contributed by atoms with Crippen LogP contribution in [0.15, 0.2) is 36.4 Å². The van der Waals surface area contributed by atoms with Gasteiger partial charge in [-0.3, -0.25) is 14.2 Å². The minimum absolute atomic E-state index is 0.0988. The highest BCUT2D eigenvalue weighted by Crippen LogP contribution is 2.25. The Hall–Kier alpha value is -2.69. The van der Waals surface area contributed by atoms with Gasteiger partial charge in [0.1, 0.15) is 11.5 Å². The number of carbonyl (C=O) groups is 1. The molecule has 1 amide bonds. The Labute approximate surface area is 184 Å². The van der Waals surface area contributed by atoms with E-state index < -0.39 is 21.9 Å². The molecule has 2 N–H and O–H groups in total. The van der Waals surface area contributed by atoms with Gasteiger partial charge in [-0.25, -0.2) is 4.39 Å². The molecule has 31 heavy (non-hydrogen) atoms. The van der Waals surface area contributed by atoms with Crippen LogP contribution in [0.1, 0.15) is 29.8 Å². The Bertz CT molecular complexity index is 1260. The number of halogens is 2. The molecule has 1 aliphatic rings. The molecule has 3 aromatic rings. The zero-order valence-corrected chi connectivity index (χ0v) is 18.3. The fourth-order valence-corrected chi connectivity index (χ4v) is 5.09. The molecule has 2 aromatic carbocycles. The first kappa shape index (κ1) is 21.5. The number of fused-ring (bicyclic) bond motifs is 1. The van der Waals surface area contributed by atoms with Gasteiger partial charge in [0, 0.05) is 31.2 Å². The molecular weight excluding hydrogens is 445 g/mol. The molecule has 0 saturated carbocycles. The molecule has 1 aromatic heterocycles. The Morgan fingerprint density at radius 1 is 1.10 bits per heavy atom. The normalized spacial score (nSPS) is 15.2. The number of hydrogen-bond acceptors (Lipinski definition) is 4. The number of nitrogens with one attached hydrogen (secondary N) is 2. The van der Waals surface area contributed by atoms with Crippen LogP contribution in [0.5, 0.6) is 0 Å². The Morgan fingerprint density at radius 3 is 2.52 bits per heavy atom. The maximum Gasteiger partial charge on any atom is 0.301 e. The van der Waals surface area contributed by atoms with Gasteiger partial charge < -0.3 is 5.32 Å². The van der Waals surface area contributed by atoms with Crippen LogP contribution in [0.3, 0.4) is 0 Å². The van der Waals surface area contributed by atoms with Crippen molar-refractivity contribution in [3.63, 3.8) is 0 Å². The van der Waals surface area contributed by atoms with E-state index in [0.29, 0.717) is 35.4 Å². The minimum Gasteiger partial charge on any atom is -0.321 e. The molecule has 8 nitrogen and oxygen atoms in total. The summed E-state index contributed by atoms with van der Waals surface area (Å²) < 4.78 is 44.0. The highest BCUT2D eigenvalue weighted by atomic mass is 35.5. The number of anilines is 2. The van der Waals surface area contributed by atoms with Crippen LogP contribution in [0, 0.1) is 5.82 Å². The van der Waals surface area contributed by atoms with Crippen LogP contribution in [-0.4, -0.2) is 41.5 Å². The van der Waals surface area contributed by atoms with Crippen LogP contribution >= 0.6 is 11.6 Å². The van der Waals surface area contributed by atoms with Crippen LogP contribution < -0.4 is 10.0 Å². The van der Waals surface area contributed by atoms with Crippen molar-refractivity contribution in [2.75, 3.05) is 23.1 Å². The number of amides is 1. The first-order chi connectivity index (χ1) is 14.7. The molecule has 0 aliphatic carbocycles. The molecule has 11 heteroatoms. The Kier molecular flexibility index (Phi) is 5.87. The van der Waals surface area contributed by atoms with E-state index in [0.717, 1.165) is 19.3 Å². The zero-order valence-electron chi connectivity index (χ0n) is 16.7. The zero-order chi connectivity index (χ0) is 22.2. The monoisotopic (exact) mass is 465 g/mol. The number of benzene rings is 2. The quantitative estimate of drug-likeness (QED) is 0.599. The van der Waals surface area contributed by atoms with Crippen LogP contribution in [-0.2, 0) is 17.3 Å². The summed E-state index contributed by atoms with van der Waals surface area (Å²) in [6, 6.07) is 8.72. The van der Waals surface area contributed by atoms with Gasteiger partial charge in [-0.05, 0) is 49.2 Å². The molecule has 0 radical (unpaired) electrons. The SMILES string of the molecule is Cn1nc2cc(NS(=O)(=O)N3CCCCC3)ccc2c1C(=O)Nc1ccc(F)c(Cl)c1. The Balaban J connectivity index is 1.58. The molecule has 1 saturated heterocycles. The summed E-state index contributed by atoms with van der Waals surface area (Å²) in [6.45, 7) is 0.998. The van der Waals surface area contributed by atoms with Crippen molar-refractivity contribution in [3.05, 3.63) is 52.9 Å². The van der Waals surface area contributed by atoms with E-state index in [4.69, 9.17) is 11.6 Å². The summed E-state index contributed by atoms with van der Waals surface area (Å²) in [5.74, 6) is -1.03. The van der Waals surface area contributed by atoms with Crippen LogP contribution in [0.2, 0.25) is 5.02 Å². The number of rotatable bonds is 5. The summed E-state index contributed by atoms with van der Waals surface area (Å²) in [5.41, 5.74) is 1.45. The number of aromatic nitrogens is 2. The van der Waals surface area contributed by atoms with Crippen LogP contribution in [0.4, 0.5) is 15.8 Å². The standard InChI is InChI=1S/C20H21ClFN5O3S/c1-26-19(20(28)23-13-6-8-17(22)16(21)11-13)15-7-5-14(12-18(15)24-26)25-31(29,30)27-9-3-2-4-10-27/h5-8,11-12,25H,2-4,9-10H2,1H3,(H,23,28). The molecule has 1 aliphatic heterocycles. The van der Waals surface area contributed by atoms with Gasteiger partial charge in [0.25, 0.3) is 5.91 Å². The van der Waals surface area contributed by atoms with E-state index in [9.17, 15) is 17.6 Å². The summed E-state index contributed by atoms with van der Waals surface area (Å²) in [6.07, 6.45) is 2.72. The largest absolute Gasteiger partial charge is 0.321 e. The fraction of sp³-hybridized carbons (Fsp3) is 0.300. The number of carbonyl (C=O) groups excluding carboxylic acids is 1. The van der Waals surface area contributed by atoms with Crippen molar-refractivity contribution in [2.45, 2.75) is 19.3 Å². The molecular formula is C20H21ClFN5O3S. The molecule has 4 rings (SSSR count). The molecule has 164 valence electrons. The summed E-state index contributed by atoms with van der Waals surface area (Å²) in [5, 5.41) is 7.46. The van der Waals surface area contributed by atoms with Gasteiger partial charge >= 0.3 is 10.2 Å². The highest BCUT2D eigenvalue weighted by molar-refractivity contribution is 7.90. The van der Waals surface area contributed by atoms with Crippen molar-refractivity contribution < 1.29 is 17.6 Å². The van der Waals surface area contributed by atoms with Gasteiger partial charge in [0.2, 0.25) is 0 Å². The third kappa shape index (κ3) is 4.51. The van der Waals surface area contributed by atoms with E-state index in [1.54, 1.807) is 25.2 Å². The summed E-state index contributed by atoms with van der Waals surface area (Å²) in [4.78, 5) is 12.8. The molecule has 0 unspecified atom stereocenters. The van der Waals surface area contributed by atoms with Gasteiger partial charge in [0.05, 0.1) is 16.2 Å². The van der Waals surface area contributed by atoms with Crippen molar-refractivity contribution in [3.8, 4) is 0 Å². The van der Waals surface area contributed by atoms with Gasteiger partial charge in [-0.15, -0.1) is 0 Å². The third-order valence-electron chi connectivity index (χ3n) is 5.13. The minimum atomic E-state index is -3.65. The van der Waals surface area contributed by atoms with Crippen molar-refractivity contribution in [1.82, 2.24) is 14.1 Å². The van der Waals surface area contributed by atoms with E-state index in [1.165, 1.54) is 27.2 Å². The van der Waals surface area contributed by atoms with Crippen molar-refractivity contribution in [1.29, 1.82) is 0 Å². The van der Waals surface area contributed by atoms with Gasteiger partial charge in [-0.1, -0.05) is 18.0 Å². The third-order valence-corrected chi connectivity index (χ3v) is 6.96. The van der Waals surface area contributed by atoms with Gasteiger partial charge in [-0.2, -0.15) is 17.8 Å². The predicted molar refractivity (Wildman–Crippen MR) is 118 cm³/mol. The summed E-state index contributed by atoms with van der Waals surface area (Å²) >= 11 is 5.77. The first-order valence-corrected chi connectivity index (χ1v) is 11.6. The van der Waals surface area contributed by atoms with E-state index >= 15 is 0 Å². The molecule has 0 bridgehead atoms. The fourth-order valence-electron chi connectivity index (χ4n) is 3.62. The number of aryl methyl sites for hydroxylation is 1. The average molecular weight is 466 g/mol. The smallest absolute Gasteiger partial charge is 0.301 e. The molecule has 0 spiro atoms. The average Bonchev–Trinajstić information content (AvgIpc) is 3.06. The molecule has 0 atom stereocenters. The van der Waals surface area contributed by atoms with E-state index in [-0.39, 0.29) is 10.7 Å². The van der Waals surface area contributed by atoms with Crippen molar-refractivity contribution >= 4 is 50.0 Å².